The molecule has 1 amide bonds. The van der Waals surface area contributed by atoms with Crippen molar-refractivity contribution in [3.63, 3.8) is 0 Å². The van der Waals surface area contributed by atoms with Crippen molar-refractivity contribution < 1.29 is 9.18 Å². The number of fused-ring (bicyclic) bond motifs is 1. The number of nitrogens with one attached hydrogen (secondary N) is 1. The fourth-order valence-corrected chi connectivity index (χ4v) is 2.63. The summed E-state index contributed by atoms with van der Waals surface area (Å²) in [6, 6.07) is 13.7. The van der Waals surface area contributed by atoms with Gasteiger partial charge in [0.1, 0.15) is 11.9 Å². The Bertz CT molecular complexity index is 856. The van der Waals surface area contributed by atoms with Gasteiger partial charge in [-0.1, -0.05) is 36.4 Å². The molecule has 5 heteroatoms. The second-order valence-electron chi connectivity index (χ2n) is 5.53. The molecule has 0 fully saturated rings. The predicted octanol–water partition coefficient (Wildman–Crippen LogP) is 3.36. The van der Waals surface area contributed by atoms with Gasteiger partial charge in [0.25, 0.3) is 0 Å². The van der Waals surface area contributed by atoms with Gasteiger partial charge in [0.05, 0.1) is 11.2 Å². The summed E-state index contributed by atoms with van der Waals surface area (Å²) < 4.78 is 15.3. The van der Waals surface area contributed by atoms with Gasteiger partial charge in [-0.3, -0.25) is 9.48 Å². The predicted molar refractivity (Wildman–Crippen MR) is 87.4 cm³/mol. The fraction of sp³-hybridized carbons (Fsp3) is 0.222. The lowest BCUT2D eigenvalue weighted by Crippen LogP contribution is -2.31. The zero-order valence-corrected chi connectivity index (χ0v) is 13.1. The second kappa shape index (κ2) is 6.20. The van der Waals surface area contributed by atoms with Crippen LogP contribution in [-0.2, 0) is 11.3 Å². The molecule has 1 unspecified atom stereocenters. The summed E-state index contributed by atoms with van der Waals surface area (Å²) in [5, 5.41) is 8.27. The van der Waals surface area contributed by atoms with Crippen molar-refractivity contribution in [2.45, 2.75) is 26.4 Å². The molecule has 0 spiro atoms. The first-order chi connectivity index (χ1) is 11.1. The molecule has 1 N–H and O–H groups in total. The van der Waals surface area contributed by atoms with Crippen LogP contribution in [-0.4, -0.2) is 15.7 Å². The van der Waals surface area contributed by atoms with E-state index >= 15 is 0 Å². The van der Waals surface area contributed by atoms with Gasteiger partial charge in [0, 0.05) is 17.5 Å². The molecule has 0 saturated heterocycles. The van der Waals surface area contributed by atoms with E-state index in [9.17, 15) is 9.18 Å². The zero-order chi connectivity index (χ0) is 16.4. The van der Waals surface area contributed by atoms with E-state index in [0.29, 0.717) is 5.56 Å². The number of aromatic nitrogens is 2. The molecule has 3 rings (SSSR count). The molecule has 0 aliphatic heterocycles. The minimum absolute atomic E-state index is 0.161. The van der Waals surface area contributed by atoms with Crippen LogP contribution in [0.15, 0.2) is 48.5 Å². The Hall–Kier alpha value is -2.69. The average molecular weight is 311 g/mol. The Morgan fingerprint density at radius 1 is 1.22 bits per heavy atom. The molecular weight excluding hydrogens is 293 g/mol. The van der Waals surface area contributed by atoms with Crippen LogP contribution in [0.2, 0.25) is 0 Å². The Labute approximate surface area is 133 Å². The van der Waals surface area contributed by atoms with Gasteiger partial charge in [0.15, 0.2) is 0 Å². The summed E-state index contributed by atoms with van der Waals surface area (Å²) in [6.07, 6.45) is 0. The number of carbonyl (C=O) groups excluding carboxylic acids is 1. The first-order valence-corrected chi connectivity index (χ1v) is 7.53. The van der Waals surface area contributed by atoms with E-state index in [4.69, 9.17) is 0 Å². The molecule has 0 radical (unpaired) electrons. The third-order valence-corrected chi connectivity index (χ3v) is 3.96. The minimum Gasteiger partial charge on any atom is -0.350 e. The molecule has 4 nitrogen and oxygen atoms in total. The number of rotatable bonds is 4. The monoisotopic (exact) mass is 311 g/mol. The smallest absolute Gasteiger partial charge is 0.244 e. The van der Waals surface area contributed by atoms with Crippen LogP contribution >= 0.6 is 0 Å². The maximum Gasteiger partial charge on any atom is 0.244 e. The van der Waals surface area contributed by atoms with Gasteiger partial charge in [-0.2, -0.15) is 5.10 Å². The highest BCUT2D eigenvalue weighted by Gasteiger charge is 2.19. The molecule has 118 valence electrons. The Morgan fingerprint density at radius 3 is 2.70 bits per heavy atom. The molecule has 2 aromatic carbocycles. The van der Waals surface area contributed by atoms with Crippen LogP contribution in [0.1, 0.15) is 24.2 Å². The Morgan fingerprint density at radius 2 is 1.91 bits per heavy atom. The first-order valence-electron chi connectivity index (χ1n) is 7.53. The second-order valence-corrected chi connectivity index (χ2v) is 5.53. The van der Waals surface area contributed by atoms with Crippen molar-refractivity contribution in [1.82, 2.24) is 15.1 Å². The molecule has 23 heavy (non-hydrogen) atoms. The Balaban J connectivity index is 1.78. The van der Waals surface area contributed by atoms with Crippen LogP contribution in [0, 0.1) is 12.7 Å². The summed E-state index contributed by atoms with van der Waals surface area (Å²) in [7, 11) is 0. The maximum absolute atomic E-state index is 13.6. The molecular formula is C18H18FN3O. The van der Waals surface area contributed by atoms with E-state index in [1.807, 2.05) is 31.2 Å². The molecule has 3 aromatic rings. The highest BCUT2D eigenvalue weighted by atomic mass is 19.1. The molecule has 0 saturated carbocycles. The van der Waals surface area contributed by atoms with E-state index in [1.54, 1.807) is 29.8 Å². The fourth-order valence-electron chi connectivity index (χ4n) is 2.63. The summed E-state index contributed by atoms with van der Waals surface area (Å²) >= 11 is 0. The number of para-hydroxylation sites is 1. The summed E-state index contributed by atoms with van der Waals surface area (Å²) in [4.78, 5) is 12.4. The van der Waals surface area contributed by atoms with Crippen molar-refractivity contribution in [3.8, 4) is 0 Å². The lowest BCUT2D eigenvalue weighted by molar-refractivity contribution is -0.124. The number of hydrogen-bond acceptors (Lipinski definition) is 2. The van der Waals surface area contributed by atoms with Crippen LogP contribution < -0.4 is 5.32 Å². The SMILES string of the molecule is Cc1nn(C(C)C(=O)NCc2ccccc2F)c2ccccc12. The topological polar surface area (TPSA) is 46.9 Å². The lowest BCUT2D eigenvalue weighted by atomic mass is 10.2. The van der Waals surface area contributed by atoms with Crippen molar-refractivity contribution in [2.24, 2.45) is 0 Å². The number of halogens is 1. The standard InChI is InChI=1S/C18H18FN3O/c1-12-15-8-4-6-10-17(15)22(21-12)13(2)18(23)20-11-14-7-3-5-9-16(14)19/h3-10,13H,11H2,1-2H3,(H,20,23). The number of nitrogens with zero attached hydrogens (tertiary/aromatic N) is 2. The zero-order valence-electron chi connectivity index (χ0n) is 13.1. The van der Waals surface area contributed by atoms with Crippen molar-refractivity contribution in [1.29, 1.82) is 0 Å². The first kappa shape index (κ1) is 15.2. The van der Waals surface area contributed by atoms with Crippen LogP contribution in [0.25, 0.3) is 10.9 Å². The van der Waals surface area contributed by atoms with E-state index in [0.717, 1.165) is 16.6 Å². The average Bonchev–Trinajstić information content (AvgIpc) is 2.90. The number of aryl methyl sites for hydroxylation is 1. The van der Waals surface area contributed by atoms with E-state index in [-0.39, 0.29) is 18.3 Å². The van der Waals surface area contributed by atoms with Gasteiger partial charge < -0.3 is 5.32 Å². The number of amides is 1. The Kier molecular flexibility index (Phi) is 4.10. The van der Waals surface area contributed by atoms with Gasteiger partial charge >= 0.3 is 0 Å². The van der Waals surface area contributed by atoms with Crippen LogP contribution in [0.4, 0.5) is 4.39 Å². The van der Waals surface area contributed by atoms with E-state index < -0.39 is 6.04 Å². The molecule has 0 aliphatic rings. The third-order valence-electron chi connectivity index (χ3n) is 3.96. The van der Waals surface area contributed by atoms with Gasteiger partial charge in [0.2, 0.25) is 5.91 Å². The highest BCUT2D eigenvalue weighted by Crippen LogP contribution is 2.21. The van der Waals surface area contributed by atoms with Gasteiger partial charge in [-0.15, -0.1) is 0 Å². The van der Waals surface area contributed by atoms with Crippen molar-refractivity contribution in [3.05, 3.63) is 65.6 Å². The third kappa shape index (κ3) is 2.95. The molecule has 0 bridgehead atoms. The largest absolute Gasteiger partial charge is 0.350 e. The molecule has 0 aliphatic carbocycles. The molecule has 1 aromatic heterocycles. The molecule has 1 heterocycles. The van der Waals surface area contributed by atoms with Gasteiger partial charge in [-0.25, -0.2) is 4.39 Å². The van der Waals surface area contributed by atoms with Gasteiger partial charge in [-0.05, 0) is 26.0 Å². The quantitative estimate of drug-likeness (QED) is 0.803. The molecule has 1 atom stereocenters. The van der Waals surface area contributed by atoms with Crippen LogP contribution in [0.5, 0.6) is 0 Å². The summed E-state index contributed by atoms with van der Waals surface area (Å²) in [6.45, 7) is 3.87. The number of carbonyl (C=O) groups is 1. The van der Waals surface area contributed by atoms with E-state index in [2.05, 4.69) is 10.4 Å². The highest BCUT2D eigenvalue weighted by molar-refractivity contribution is 5.86. The lowest BCUT2D eigenvalue weighted by Gasteiger charge is -2.14. The van der Waals surface area contributed by atoms with Crippen molar-refractivity contribution >= 4 is 16.8 Å². The summed E-state index contributed by atoms with van der Waals surface area (Å²) in [5.74, 6) is -0.512. The normalized spacial score (nSPS) is 12.3. The van der Waals surface area contributed by atoms with Crippen molar-refractivity contribution in [2.75, 3.05) is 0 Å². The van der Waals surface area contributed by atoms with Crippen LogP contribution in [0.3, 0.4) is 0 Å². The maximum atomic E-state index is 13.6. The van der Waals surface area contributed by atoms with E-state index in [1.165, 1.54) is 6.07 Å². The summed E-state index contributed by atoms with van der Waals surface area (Å²) in [5.41, 5.74) is 2.27. The minimum atomic E-state index is -0.472. The number of hydrogen-bond donors (Lipinski definition) is 1. The number of benzene rings is 2.